The summed E-state index contributed by atoms with van der Waals surface area (Å²) in [4.78, 5) is 12.6. The van der Waals surface area contributed by atoms with Gasteiger partial charge in [-0.15, -0.1) is 0 Å². The summed E-state index contributed by atoms with van der Waals surface area (Å²) < 4.78 is 39.4. The molecule has 1 aliphatic carbocycles. The maximum Gasteiger partial charge on any atom is 0.261 e. The normalized spacial score (nSPS) is 14.6. The fraction of sp³-hybridized carbons (Fsp3) is 0.458. The molecule has 2 N–H and O–H groups in total. The summed E-state index contributed by atoms with van der Waals surface area (Å²) in [5.74, 6) is 0.228. The molecule has 0 unspecified atom stereocenters. The van der Waals surface area contributed by atoms with Gasteiger partial charge < -0.3 is 14.8 Å². The number of carbonyl (C=O) groups excluding carboxylic acids is 1. The van der Waals surface area contributed by atoms with Gasteiger partial charge in [0.25, 0.3) is 15.9 Å². The highest BCUT2D eigenvalue weighted by atomic mass is 35.5. The predicted octanol–water partition coefficient (Wildman–Crippen LogP) is 5.01. The number of hydrogen-bond donors (Lipinski definition) is 2. The lowest BCUT2D eigenvalue weighted by molar-refractivity contribution is 0.0273. The number of carbonyl (C=O) groups is 1. The second-order valence-electron chi connectivity index (χ2n) is 7.94. The highest BCUT2D eigenvalue weighted by Crippen LogP contribution is 2.24. The van der Waals surface area contributed by atoms with Gasteiger partial charge in [-0.2, -0.15) is 0 Å². The van der Waals surface area contributed by atoms with E-state index in [0.717, 1.165) is 12.8 Å². The van der Waals surface area contributed by atoms with E-state index in [-0.39, 0.29) is 15.5 Å². The van der Waals surface area contributed by atoms with Crippen molar-refractivity contribution in [3.63, 3.8) is 0 Å². The summed E-state index contributed by atoms with van der Waals surface area (Å²) >= 11 is 6.18. The van der Waals surface area contributed by atoms with Crippen LogP contribution in [0, 0.1) is 0 Å². The van der Waals surface area contributed by atoms with Crippen molar-refractivity contribution in [2.24, 2.45) is 0 Å². The van der Waals surface area contributed by atoms with E-state index in [1.165, 1.54) is 37.5 Å². The summed E-state index contributed by atoms with van der Waals surface area (Å²) in [7, 11) is -3.90. The minimum Gasteiger partial charge on any atom is -0.494 e. The van der Waals surface area contributed by atoms with Gasteiger partial charge in [-0.05, 0) is 68.7 Å². The molecule has 1 fully saturated rings. The Morgan fingerprint density at radius 2 is 1.82 bits per heavy atom. The van der Waals surface area contributed by atoms with Gasteiger partial charge in [-0.1, -0.05) is 30.9 Å². The average Bonchev–Trinajstić information content (AvgIpc) is 2.81. The van der Waals surface area contributed by atoms with Crippen LogP contribution >= 0.6 is 11.6 Å². The molecule has 7 nitrogen and oxygen atoms in total. The van der Waals surface area contributed by atoms with Gasteiger partial charge in [0.05, 0.1) is 28.2 Å². The number of amides is 1. The van der Waals surface area contributed by atoms with Crippen LogP contribution in [0.1, 0.15) is 55.8 Å². The van der Waals surface area contributed by atoms with Crippen LogP contribution in [0.4, 0.5) is 5.69 Å². The zero-order valence-corrected chi connectivity index (χ0v) is 20.4. The first kappa shape index (κ1) is 25.3. The molecule has 1 aliphatic rings. The Hall–Kier alpha value is -2.29. The van der Waals surface area contributed by atoms with E-state index < -0.39 is 15.9 Å². The third-order valence-electron chi connectivity index (χ3n) is 5.42. The molecular formula is C24H31ClN2O5S. The van der Waals surface area contributed by atoms with Gasteiger partial charge in [0.1, 0.15) is 5.75 Å². The Morgan fingerprint density at radius 1 is 1.09 bits per heavy atom. The summed E-state index contributed by atoms with van der Waals surface area (Å²) in [6.45, 7) is 3.40. The molecule has 0 saturated heterocycles. The van der Waals surface area contributed by atoms with Crippen LogP contribution in [0.5, 0.6) is 5.75 Å². The Balaban J connectivity index is 1.56. The van der Waals surface area contributed by atoms with Crippen molar-refractivity contribution in [2.45, 2.75) is 56.4 Å². The summed E-state index contributed by atoms with van der Waals surface area (Å²) in [6, 6.07) is 10.7. The van der Waals surface area contributed by atoms with Crippen LogP contribution in [0.3, 0.4) is 0 Å². The van der Waals surface area contributed by atoms with E-state index in [2.05, 4.69) is 10.0 Å². The number of anilines is 1. The van der Waals surface area contributed by atoms with Crippen LogP contribution in [-0.2, 0) is 14.8 Å². The molecule has 1 saturated carbocycles. The van der Waals surface area contributed by atoms with Crippen LogP contribution in [0.15, 0.2) is 47.4 Å². The first-order valence-corrected chi connectivity index (χ1v) is 13.2. The SMILES string of the molecule is CCOc1ccc(NS(=O)(=O)c2ccc(Cl)c(C(=O)NCCCOC3CCCCC3)c2)cc1. The predicted molar refractivity (Wildman–Crippen MR) is 130 cm³/mol. The molecule has 0 radical (unpaired) electrons. The smallest absolute Gasteiger partial charge is 0.261 e. The number of ether oxygens (including phenoxy) is 2. The molecule has 3 rings (SSSR count). The zero-order chi connectivity index (χ0) is 23.7. The molecule has 0 aromatic heterocycles. The lowest BCUT2D eigenvalue weighted by atomic mass is 9.98. The highest BCUT2D eigenvalue weighted by Gasteiger charge is 2.19. The number of sulfonamides is 1. The standard InChI is InChI=1S/C24H31ClN2O5S/c1-2-31-20-11-9-18(10-12-20)27-33(29,30)21-13-14-23(25)22(17-21)24(28)26-15-6-16-32-19-7-4-3-5-8-19/h9-14,17,19,27H,2-8,15-16H2,1H3,(H,26,28). The minimum absolute atomic E-state index is 0.0495. The van der Waals surface area contributed by atoms with E-state index >= 15 is 0 Å². The Kier molecular flexibility index (Phi) is 9.41. The maximum atomic E-state index is 12.8. The van der Waals surface area contributed by atoms with Gasteiger partial charge in [0.15, 0.2) is 0 Å². The number of halogens is 1. The zero-order valence-electron chi connectivity index (χ0n) is 18.8. The van der Waals surface area contributed by atoms with Crippen LogP contribution in [-0.4, -0.2) is 40.2 Å². The van der Waals surface area contributed by atoms with Crippen molar-refractivity contribution < 1.29 is 22.7 Å². The van der Waals surface area contributed by atoms with Gasteiger partial charge >= 0.3 is 0 Å². The average molecular weight is 495 g/mol. The third kappa shape index (κ3) is 7.62. The minimum atomic E-state index is -3.90. The van der Waals surface area contributed by atoms with Crippen molar-refractivity contribution in [2.75, 3.05) is 24.5 Å². The molecule has 9 heteroatoms. The Bertz CT molecular complexity index is 1020. The first-order chi connectivity index (χ1) is 15.9. The number of nitrogens with one attached hydrogen (secondary N) is 2. The fourth-order valence-electron chi connectivity index (χ4n) is 3.70. The molecular weight excluding hydrogens is 464 g/mol. The maximum absolute atomic E-state index is 12.8. The molecule has 1 amide bonds. The number of rotatable bonds is 11. The van der Waals surface area contributed by atoms with Crippen molar-refractivity contribution in [1.82, 2.24) is 5.32 Å². The Labute approximate surface area is 200 Å². The second-order valence-corrected chi connectivity index (χ2v) is 10.0. The lowest BCUT2D eigenvalue weighted by Crippen LogP contribution is -2.27. The molecule has 180 valence electrons. The molecule has 2 aromatic rings. The van der Waals surface area contributed by atoms with Crippen LogP contribution < -0.4 is 14.8 Å². The monoisotopic (exact) mass is 494 g/mol. The molecule has 33 heavy (non-hydrogen) atoms. The van der Waals surface area contributed by atoms with Gasteiger partial charge in [-0.3, -0.25) is 9.52 Å². The summed E-state index contributed by atoms with van der Waals surface area (Å²) in [5.41, 5.74) is 0.497. The van der Waals surface area contributed by atoms with E-state index in [1.807, 2.05) is 6.92 Å². The first-order valence-electron chi connectivity index (χ1n) is 11.3. The molecule has 0 spiro atoms. The summed E-state index contributed by atoms with van der Waals surface area (Å²) in [6.07, 6.45) is 6.92. The van der Waals surface area contributed by atoms with Crippen molar-refractivity contribution in [3.05, 3.63) is 53.1 Å². The molecule has 2 aromatic carbocycles. The van der Waals surface area contributed by atoms with E-state index in [1.54, 1.807) is 24.3 Å². The fourth-order valence-corrected chi connectivity index (χ4v) is 4.98. The van der Waals surface area contributed by atoms with Crippen molar-refractivity contribution in [3.8, 4) is 5.75 Å². The molecule has 0 atom stereocenters. The lowest BCUT2D eigenvalue weighted by Gasteiger charge is -2.21. The topological polar surface area (TPSA) is 93.7 Å². The third-order valence-corrected chi connectivity index (χ3v) is 7.13. The van der Waals surface area contributed by atoms with Gasteiger partial charge in [0.2, 0.25) is 0 Å². The largest absolute Gasteiger partial charge is 0.494 e. The van der Waals surface area contributed by atoms with E-state index in [9.17, 15) is 13.2 Å². The van der Waals surface area contributed by atoms with E-state index in [4.69, 9.17) is 21.1 Å². The Morgan fingerprint density at radius 3 is 2.52 bits per heavy atom. The van der Waals surface area contributed by atoms with Crippen LogP contribution in [0.2, 0.25) is 5.02 Å². The second kappa shape index (κ2) is 12.3. The van der Waals surface area contributed by atoms with E-state index in [0.29, 0.717) is 43.7 Å². The molecule has 0 aliphatic heterocycles. The quantitative estimate of drug-likeness (QED) is 0.428. The summed E-state index contributed by atoms with van der Waals surface area (Å²) in [5, 5.41) is 2.98. The highest BCUT2D eigenvalue weighted by molar-refractivity contribution is 7.92. The molecule has 0 bridgehead atoms. The van der Waals surface area contributed by atoms with Crippen molar-refractivity contribution >= 4 is 33.2 Å². The van der Waals surface area contributed by atoms with Crippen molar-refractivity contribution in [1.29, 1.82) is 0 Å². The number of benzene rings is 2. The van der Waals surface area contributed by atoms with Gasteiger partial charge in [0, 0.05) is 18.8 Å². The van der Waals surface area contributed by atoms with Crippen LogP contribution in [0.25, 0.3) is 0 Å². The number of hydrogen-bond acceptors (Lipinski definition) is 5. The van der Waals surface area contributed by atoms with Gasteiger partial charge in [-0.25, -0.2) is 8.42 Å². The molecule has 0 heterocycles.